The highest BCUT2D eigenvalue weighted by Gasteiger charge is 2.19. The fraction of sp³-hybridized carbons (Fsp3) is 0. The van der Waals surface area contributed by atoms with Crippen LogP contribution in [0.1, 0.15) is 0 Å². The summed E-state index contributed by atoms with van der Waals surface area (Å²) in [5.74, 6) is 0. The first kappa shape index (κ1) is 34.1. The van der Waals surface area contributed by atoms with E-state index in [-0.39, 0.29) is 0 Å². The largest absolute Gasteiger partial charge is 0.309 e. The van der Waals surface area contributed by atoms with E-state index in [9.17, 15) is 0 Å². The zero-order chi connectivity index (χ0) is 40.9. The molecule has 0 N–H and O–H groups in total. The van der Waals surface area contributed by atoms with Crippen LogP contribution >= 0.6 is 22.7 Å². The van der Waals surface area contributed by atoms with Crippen molar-refractivity contribution in [1.82, 2.24) is 4.57 Å². The van der Waals surface area contributed by atoms with E-state index in [1.54, 1.807) is 0 Å². The third-order valence-corrected chi connectivity index (χ3v) is 16.3. The van der Waals surface area contributed by atoms with Crippen molar-refractivity contribution in [3.8, 4) is 16.8 Å². The second-order valence-electron chi connectivity index (χ2n) is 17.1. The zero-order valence-electron chi connectivity index (χ0n) is 33.8. The molecule has 0 saturated carbocycles. The van der Waals surface area contributed by atoms with Crippen LogP contribution in [0.2, 0.25) is 0 Å². The number of fused-ring (bicyclic) bond motifs is 21. The minimum atomic E-state index is 1.17. The minimum Gasteiger partial charge on any atom is -0.309 e. The van der Waals surface area contributed by atoms with Crippen molar-refractivity contribution in [2.24, 2.45) is 0 Å². The van der Waals surface area contributed by atoms with Crippen LogP contribution in [0.5, 0.6) is 0 Å². The summed E-state index contributed by atoms with van der Waals surface area (Å²) in [7, 11) is 0. The summed E-state index contributed by atoms with van der Waals surface area (Å²) in [5.41, 5.74) is 6.15. The van der Waals surface area contributed by atoms with Crippen LogP contribution in [-0.4, -0.2) is 4.57 Å². The second kappa shape index (κ2) is 12.5. The van der Waals surface area contributed by atoms with Crippen molar-refractivity contribution >= 4 is 149 Å². The maximum atomic E-state index is 2.48. The van der Waals surface area contributed by atoms with Gasteiger partial charge in [0, 0.05) is 56.8 Å². The predicted molar refractivity (Wildman–Crippen MR) is 277 cm³/mol. The van der Waals surface area contributed by atoms with E-state index in [1.165, 1.54) is 144 Å². The Labute approximate surface area is 368 Å². The Morgan fingerprint density at radius 2 is 0.746 bits per heavy atom. The third kappa shape index (κ3) is 4.65. The number of benzene rings is 12. The van der Waals surface area contributed by atoms with E-state index in [0.717, 1.165) is 0 Å². The van der Waals surface area contributed by atoms with Gasteiger partial charge in [-0.2, -0.15) is 0 Å². The van der Waals surface area contributed by atoms with E-state index < -0.39 is 0 Å². The molecule has 0 amide bonds. The SMILES string of the molecule is c1ccc2c(c1)sc1c(-c3ccc4c(c3)c3ccccc3n4-c3ccc4c(c3)c3ccccc3c3cc5c(cc43)sc3cc4c6ccccc6c6ccccc6c4cc35)cccc12. The fourth-order valence-corrected chi connectivity index (χ4v) is 13.5. The molecule has 15 rings (SSSR count). The number of nitrogens with zero attached hydrogens (tertiary/aromatic N) is 1. The number of para-hydroxylation sites is 1. The quantitative estimate of drug-likeness (QED) is 0.153. The lowest BCUT2D eigenvalue weighted by Gasteiger charge is -2.14. The lowest BCUT2D eigenvalue weighted by atomic mass is 9.91. The Morgan fingerprint density at radius 3 is 1.40 bits per heavy atom. The van der Waals surface area contributed by atoms with Gasteiger partial charge in [0.1, 0.15) is 0 Å². The average molecular weight is 832 g/mol. The zero-order valence-corrected chi connectivity index (χ0v) is 35.4. The van der Waals surface area contributed by atoms with Gasteiger partial charge in [-0.1, -0.05) is 140 Å². The van der Waals surface area contributed by atoms with Gasteiger partial charge < -0.3 is 4.57 Å². The van der Waals surface area contributed by atoms with Crippen LogP contribution in [0.15, 0.2) is 200 Å². The van der Waals surface area contributed by atoms with Crippen LogP contribution in [0.25, 0.3) is 144 Å². The van der Waals surface area contributed by atoms with Crippen LogP contribution in [0.3, 0.4) is 0 Å². The van der Waals surface area contributed by atoms with E-state index in [4.69, 9.17) is 0 Å². The summed E-state index contributed by atoms with van der Waals surface area (Å²) in [6.07, 6.45) is 0. The molecule has 290 valence electrons. The van der Waals surface area contributed by atoms with E-state index in [2.05, 4.69) is 205 Å². The first-order valence-electron chi connectivity index (χ1n) is 21.7. The molecular formula is C60H33NS2. The van der Waals surface area contributed by atoms with Gasteiger partial charge >= 0.3 is 0 Å². The first-order chi connectivity index (χ1) is 31.2. The highest BCUT2D eigenvalue weighted by atomic mass is 32.1. The molecule has 0 aliphatic heterocycles. The Hall–Kier alpha value is -7.56. The smallest absolute Gasteiger partial charge is 0.0541 e. The van der Waals surface area contributed by atoms with Crippen molar-refractivity contribution in [3.05, 3.63) is 200 Å². The number of aromatic nitrogens is 1. The molecule has 0 atom stereocenters. The molecule has 0 unspecified atom stereocenters. The van der Waals surface area contributed by atoms with Crippen LogP contribution in [0.4, 0.5) is 0 Å². The topological polar surface area (TPSA) is 4.93 Å². The van der Waals surface area contributed by atoms with Crippen molar-refractivity contribution in [1.29, 1.82) is 0 Å². The number of rotatable bonds is 2. The standard InChI is InChI=1S/C60H33NS2/c1-3-14-39-37(12-1)38-13-2-4-15-40(38)50-32-58-53(30-48(39)50)54-31-49-42-17-6-5-16-41(42)47-29-35(25-26-43(47)51(49)33-59(54)62-58)61-55-22-9-7-18-44(55)52-28-34(24-27-56(52)61)36-20-11-21-46-45-19-8-10-23-57(45)63-60(36)46/h1-33H. The van der Waals surface area contributed by atoms with Crippen LogP contribution < -0.4 is 0 Å². The normalized spacial score (nSPS) is 12.4. The highest BCUT2D eigenvalue weighted by Crippen LogP contribution is 2.47. The number of thiophene rings is 2. The lowest BCUT2D eigenvalue weighted by molar-refractivity contribution is 1.19. The van der Waals surface area contributed by atoms with Crippen molar-refractivity contribution in [3.63, 3.8) is 0 Å². The molecule has 0 spiro atoms. The molecule has 63 heavy (non-hydrogen) atoms. The minimum absolute atomic E-state index is 1.17. The lowest BCUT2D eigenvalue weighted by Crippen LogP contribution is -1.94. The Morgan fingerprint density at radius 1 is 0.254 bits per heavy atom. The molecule has 0 aliphatic rings. The van der Waals surface area contributed by atoms with Gasteiger partial charge in [0.2, 0.25) is 0 Å². The van der Waals surface area contributed by atoms with Crippen molar-refractivity contribution in [2.75, 3.05) is 0 Å². The monoisotopic (exact) mass is 831 g/mol. The molecule has 12 aromatic carbocycles. The summed E-state index contributed by atoms with van der Waals surface area (Å²) < 4.78 is 7.81. The number of hydrogen-bond acceptors (Lipinski definition) is 2. The average Bonchev–Trinajstić information content (AvgIpc) is 4.02. The maximum absolute atomic E-state index is 2.48. The molecule has 0 radical (unpaired) electrons. The van der Waals surface area contributed by atoms with E-state index in [0.29, 0.717) is 0 Å². The molecule has 3 heterocycles. The Kier molecular flexibility index (Phi) is 6.77. The molecule has 3 aromatic heterocycles. The van der Waals surface area contributed by atoms with Gasteiger partial charge in [0.05, 0.1) is 11.0 Å². The highest BCUT2D eigenvalue weighted by molar-refractivity contribution is 7.26. The van der Waals surface area contributed by atoms with Gasteiger partial charge in [0.15, 0.2) is 0 Å². The molecule has 0 bridgehead atoms. The summed E-state index contributed by atoms with van der Waals surface area (Å²) in [6.45, 7) is 0. The van der Waals surface area contributed by atoms with Crippen LogP contribution in [-0.2, 0) is 0 Å². The molecular weight excluding hydrogens is 799 g/mol. The number of hydrogen-bond donors (Lipinski definition) is 0. The van der Waals surface area contributed by atoms with Gasteiger partial charge in [-0.3, -0.25) is 0 Å². The van der Waals surface area contributed by atoms with Gasteiger partial charge in [0.25, 0.3) is 0 Å². The fourth-order valence-electron chi connectivity index (χ4n) is 11.1. The summed E-state index contributed by atoms with van der Waals surface area (Å²) in [5, 5.41) is 23.5. The second-order valence-corrected chi connectivity index (χ2v) is 19.3. The molecule has 0 fully saturated rings. The maximum Gasteiger partial charge on any atom is 0.0541 e. The first-order valence-corrected chi connectivity index (χ1v) is 23.3. The van der Waals surface area contributed by atoms with Crippen molar-refractivity contribution in [2.45, 2.75) is 0 Å². The van der Waals surface area contributed by atoms with Gasteiger partial charge in [-0.05, 0) is 136 Å². The molecule has 0 aliphatic carbocycles. The van der Waals surface area contributed by atoms with Crippen molar-refractivity contribution < 1.29 is 0 Å². The van der Waals surface area contributed by atoms with E-state index >= 15 is 0 Å². The Balaban J connectivity index is 0.953. The summed E-state index contributed by atoms with van der Waals surface area (Å²) in [4.78, 5) is 0. The van der Waals surface area contributed by atoms with Gasteiger partial charge in [-0.15, -0.1) is 22.7 Å². The molecule has 3 heteroatoms. The third-order valence-electron chi connectivity index (χ3n) is 13.9. The Bertz CT molecular complexity index is 4500. The molecule has 0 saturated heterocycles. The van der Waals surface area contributed by atoms with Crippen LogP contribution in [0, 0.1) is 0 Å². The molecule has 15 aromatic rings. The summed E-state index contributed by atoms with van der Waals surface area (Å²) in [6, 6.07) is 75.4. The van der Waals surface area contributed by atoms with E-state index in [1.807, 2.05) is 22.7 Å². The van der Waals surface area contributed by atoms with Gasteiger partial charge in [-0.25, -0.2) is 0 Å². The predicted octanol–water partition coefficient (Wildman–Crippen LogP) is 18.1. The molecule has 1 nitrogen and oxygen atoms in total. The summed E-state index contributed by atoms with van der Waals surface area (Å²) >= 11 is 3.81.